The summed E-state index contributed by atoms with van der Waals surface area (Å²) in [5.74, 6) is 0.233. The summed E-state index contributed by atoms with van der Waals surface area (Å²) in [6.45, 7) is 2.59. The number of carbonyl (C=O) groups is 1. The number of likely N-dealkylation sites (tertiary alicyclic amines) is 1. The van der Waals surface area contributed by atoms with Gasteiger partial charge in [0.1, 0.15) is 0 Å². The van der Waals surface area contributed by atoms with E-state index in [-0.39, 0.29) is 5.78 Å². The predicted molar refractivity (Wildman–Crippen MR) is 85.7 cm³/mol. The predicted octanol–water partition coefficient (Wildman–Crippen LogP) is 2.62. The number of nitrogens with zero attached hydrogens (tertiary/aromatic N) is 2. The van der Waals surface area contributed by atoms with Gasteiger partial charge in [-0.15, -0.1) is 11.8 Å². The Labute approximate surface area is 126 Å². The summed E-state index contributed by atoms with van der Waals surface area (Å²) in [6, 6.07) is 8.52. The van der Waals surface area contributed by atoms with Crippen LogP contribution in [0, 0.1) is 0 Å². The van der Waals surface area contributed by atoms with Gasteiger partial charge in [-0.25, -0.2) is 0 Å². The molecular formula is C16H24N2OS. The largest absolute Gasteiger partial charge is 0.305 e. The van der Waals surface area contributed by atoms with Crippen LogP contribution >= 0.6 is 11.8 Å². The fourth-order valence-corrected chi connectivity index (χ4v) is 3.08. The molecule has 0 aliphatic carbocycles. The van der Waals surface area contributed by atoms with Crippen molar-refractivity contribution in [2.45, 2.75) is 23.8 Å². The van der Waals surface area contributed by atoms with E-state index >= 15 is 0 Å². The third kappa shape index (κ3) is 4.08. The average Bonchev–Trinajstić information content (AvgIpc) is 2.47. The van der Waals surface area contributed by atoms with Gasteiger partial charge in [-0.1, -0.05) is 12.1 Å². The van der Waals surface area contributed by atoms with Gasteiger partial charge in [0.15, 0.2) is 5.78 Å². The molecule has 0 amide bonds. The fourth-order valence-electron chi connectivity index (χ4n) is 2.67. The maximum absolute atomic E-state index is 12.3. The molecule has 0 saturated carbocycles. The van der Waals surface area contributed by atoms with E-state index in [0.717, 1.165) is 18.7 Å². The van der Waals surface area contributed by atoms with Crippen molar-refractivity contribution < 1.29 is 4.79 Å². The first kappa shape index (κ1) is 15.5. The summed E-state index contributed by atoms with van der Waals surface area (Å²) < 4.78 is 0. The number of thioether (sulfide) groups is 1. The van der Waals surface area contributed by atoms with Crippen LogP contribution in [0.4, 0.5) is 0 Å². The van der Waals surface area contributed by atoms with Crippen LogP contribution in [-0.2, 0) is 0 Å². The minimum atomic E-state index is 0.233. The number of rotatable bonds is 5. The second kappa shape index (κ2) is 7.25. The Morgan fingerprint density at radius 3 is 2.65 bits per heavy atom. The fraction of sp³-hybridized carbons (Fsp3) is 0.562. The van der Waals surface area contributed by atoms with E-state index in [1.54, 1.807) is 11.8 Å². The van der Waals surface area contributed by atoms with Gasteiger partial charge in [0.05, 0.1) is 6.54 Å². The van der Waals surface area contributed by atoms with Crippen molar-refractivity contribution in [1.82, 2.24) is 9.80 Å². The van der Waals surface area contributed by atoms with Crippen LogP contribution in [0.1, 0.15) is 23.2 Å². The van der Waals surface area contributed by atoms with E-state index in [1.807, 2.05) is 30.5 Å². The summed E-state index contributed by atoms with van der Waals surface area (Å²) in [5.41, 5.74) is 0.828. The first-order valence-electron chi connectivity index (χ1n) is 7.16. The van der Waals surface area contributed by atoms with E-state index in [1.165, 1.54) is 17.7 Å². The normalized spacial score (nSPS) is 20.3. The van der Waals surface area contributed by atoms with Gasteiger partial charge in [-0.05, 0) is 51.9 Å². The topological polar surface area (TPSA) is 23.6 Å². The summed E-state index contributed by atoms with van der Waals surface area (Å²) in [5, 5.41) is 0. The number of hydrogen-bond donors (Lipinski definition) is 0. The maximum Gasteiger partial charge on any atom is 0.176 e. The number of benzene rings is 1. The van der Waals surface area contributed by atoms with Crippen molar-refractivity contribution in [2.24, 2.45) is 0 Å². The minimum Gasteiger partial charge on any atom is -0.305 e. The zero-order valence-electron chi connectivity index (χ0n) is 12.6. The first-order valence-corrected chi connectivity index (χ1v) is 8.38. The van der Waals surface area contributed by atoms with Crippen molar-refractivity contribution >= 4 is 17.5 Å². The van der Waals surface area contributed by atoms with Crippen molar-refractivity contribution in [2.75, 3.05) is 40.0 Å². The third-order valence-electron chi connectivity index (χ3n) is 3.99. The molecule has 110 valence electrons. The third-order valence-corrected chi connectivity index (χ3v) is 4.73. The Hall–Kier alpha value is -0.840. The number of Topliss-reactive ketones (excluding diaryl/α,β-unsaturated/α-hetero) is 1. The second-order valence-electron chi connectivity index (χ2n) is 5.65. The summed E-state index contributed by atoms with van der Waals surface area (Å²) in [4.78, 5) is 18.1. The van der Waals surface area contributed by atoms with Gasteiger partial charge in [0.2, 0.25) is 0 Å². The van der Waals surface area contributed by atoms with E-state index in [2.05, 4.69) is 23.9 Å². The zero-order chi connectivity index (χ0) is 14.5. The monoisotopic (exact) mass is 292 g/mol. The van der Waals surface area contributed by atoms with Gasteiger partial charge in [-0.2, -0.15) is 0 Å². The number of likely N-dealkylation sites (N-methyl/N-ethyl adjacent to an activating group) is 1. The molecule has 0 spiro atoms. The van der Waals surface area contributed by atoms with Gasteiger partial charge >= 0.3 is 0 Å². The highest BCUT2D eigenvalue weighted by Gasteiger charge is 2.23. The molecule has 1 aliphatic heterocycles. The molecule has 1 aromatic rings. The number of carbonyl (C=O) groups excluding carboxylic acids is 1. The standard InChI is InChI=1S/C16H24N2OS/c1-17(2)14-5-4-10-18(11-14)12-16(19)13-6-8-15(20-3)9-7-13/h6-9,14H,4-5,10-12H2,1-3H3. The lowest BCUT2D eigenvalue weighted by molar-refractivity contribution is 0.0852. The number of ketones is 1. The Morgan fingerprint density at radius 1 is 1.35 bits per heavy atom. The quantitative estimate of drug-likeness (QED) is 0.615. The summed E-state index contributed by atoms with van der Waals surface area (Å²) in [7, 11) is 4.24. The Bertz CT molecular complexity index is 444. The highest BCUT2D eigenvalue weighted by atomic mass is 32.2. The van der Waals surface area contributed by atoms with Gasteiger partial charge in [-0.3, -0.25) is 9.69 Å². The average molecular weight is 292 g/mol. The Balaban J connectivity index is 1.93. The van der Waals surface area contributed by atoms with Crippen LogP contribution in [0.25, 0.3) is 0 Å². The number of hydrogen-bond acceptors (Lipinski definition) is 4. The van der Waals surface area contributed by atoms with E-state index < -0.39 is 0 Å². The molecule has 0 radical (unpaired) electrons. The van der Waals surface area contributed by atoms with Crippen LogP contribution < -0.4 is 0 Å². The van der Waals surface area contributed by atoms with Gasteiger partial charge in [0.25, 0.3) is 0 Å². The molecule has 1 atom stereocenters. The van der Waals surface area contributed by atoms with Crippen molar-refractivity contribution in [3.8, 4) is 0 Å². The molecule has 0 N–H and O–H groups in total. The molecule has 1 aromatic carbocycles. The molecule has 20 heavy (non-hydrogen) atoms. The SMILES string of the molecule is CSc1ccc(C(=O)CN2CCCC(N(C)C)C2)cc1. The summed E-state index contributed by atoms with van der Waals surface area (Å²) in [6.07, 6.45) is 4.47. The molecular weight excluding hydrogens is 268 g/mol. The maximum atomic E-state index is 12.3. The molecule has 4 heteroatoms. The lowest BCUT2D eigenvalue weighted by Crippen LogP contribution is -2.46. The molecule has 1 heterocycles. The molecule has 1 unspecified atom stereocenters. The van der Waals surface area contributed by atoms with Crippen molar-refractivity contribution in [3.05, 3.63) is 29.8 Å². The van der Waals surface area contributed by atoms with Crippen molar-refractivity contribution in [3.63, 3.8) is 0 Å². The van der Waals surface area contributed by atoms with Crippen LogP contribution in [0.2, 0.25) is 0 Å². The van der Waals surface area contributed by atoms with Crippen LogP contribution in [0.5, 0.6) is 0 Å². The second-order valence-corrected chi connectivity index (χ2v) is 6.53. The number of piperidine rings is 1. The van der Waals surface area contributed by atoms with E-state index in [0.29, 0.717) is 12.6 Å². The highest BCUT2D eigenvalue weighted by Crippen LogP contribution is 2.17. The molecule has 0 aromatic heterocycles. The lowest BCUT2D eigenvalue weighted by atomic mass is 10.0. The molecule has 1 saturated heterocycles. The molecule has 2 rings (SSSR count). The smallest absolute Gasteiger partial charge is 0.176 e. The molecule has 3 nitrogen and oxygen atoms in total. The molecule has 1 aliphatic rings. The highest BCUT2D eigenvalue weighted by molar-refractivity contribution is 7.98. The lowest BCUT2D eigenvalue weighted by Gasteiger charge is -2.35. The zero-order valence-corrected chi connectivity index (χ0v) is 13.4. The minimum absolute atomic E-state index is 0.233. The van der Waals surface area contributed by atoms with Crippen molar-refractivity contribution in [1.29, 1.82) is 0 Å². The Morgan fingerprint density at radius 2 is 2.05 bits per heavy atom. The van der Waals surface area contributed by atoms with Crippen LogP contribution in [-0.4, -0.2) is 61.6 Å². The van der Waals surface area contributed by atoms with Crippen LogP contribution in [0.3, 0.4) is 0 Å². The van der Waals surface area contributed by atoms with Gasteiger partial charge in [0, 0.05) is 23.0 Å². The van der Waals surface area contributed by atoms with E-state index in [9.17, 15) is 4.79 Å². The summed E-state index contributed by atoms with van der Waals surface area (Å²) >= 11 is 1.70. The van der Waals surface area contributed by atoms with Crippen LogP contribution in [0.15, 0.2) is 29.2 Å². The van der Waals surface area contributed by atoms with Gasteiger partial charge < -0.3 is 4.90 Å². The molecule has 0 bridgehead atoms. The Kier molecular flexibility index (Phi) is 5.64. The van der Waals surface area contributed by atoms with E-state index in [4.69, 9.17) is 0 Å². The molecule has 1 fully saturated rings. The first-order chi connectivity index (χ1) is 9.60.